The molecule has 25 heavy (non-hydrogen) atoms. The normalized spacial score (nSPS) is 13.0. The second-order valence-electron chi connectivity index (χ2n) is 5.82. The van der Waals surface area contributed by atoms with Crippen molar-refractivity contribution in [2.45, 2.75) is 33.0 Å². The lowest BCUT2D eigenvalue weighted by atomic mass is 10.0. The van der Waals surface area contributed by atoms with Crippen LogP contribution < -0.4 is 10.6 Å². The predicted molar refractivity (Wildman–Crippen MR) is 94.2 cm³/mol. The number of benzene rings is 1. The third-order valence-corrected chi connectivity index (χ3v) is 4.55. The van der Waals surface area contributed by atoms with Crippen LogP contribution in [-0.2, 0) is 11.0 Å². The van der Waals surface area contributed by atoms with Gasteiger partial charge < -0.3 is 10.6 Å². The molecule has 2 aromatic rings. The van der Waals surface area contributed by atoms with Crippen molar-refractivity contribution in [3.8, 4) is 0 Å². The van der Waals surface area contributed by atoms with E-state index in [4.69, 9.17) is 11.6 Å². The molecular weight excluding hydrogens is 375 g/mol. The van der Waals surface area contributed by atoms with Gasteiger partial charge in [0.2, 0.25) is 5.91 Å². The SMILES string of the molecule is Cc1cnc(NC(=O)[C@@H](Nc2ccc(C(F)(F)F)cc2Cl)C(C)C)s1. The van der Waals surface area contributed by atoms with E-state index in [1.54, 1.807) is 6.20 Å². The summed E-state index contributed by atoms with van der Waals surface area (Å²) < 4.78 is 38.1. The summed E-state index contributed by atoms with van der Waals surface area (Å²) in [5.41, 5.74) is -0.578. The van der Waals surface area contributed by atoms with Crippen LogP contribution in [0.3, 0.4) is 0 Å². The van der Waals surface area contributed by atoms with Gasteiger partial charge >= 0.3 is 6.18 Å². The van der Waals surface area contributed by atoms with Crippen molar-refractivity contribution in [2.75, 3.05) is 10.6 Å². The van der Waals surface area contributed by atoms with Crippen LogP contribution in [0, 0.1) is 12.8 Å². The number of carbonyl (C=O) groups is 1. The molecule has 136 valence electrons. The van der Waals surface area contributed by atoms with Crippen molar-refractivity contribution in [3.05, 3.63) is 39.9 Å². The van der Waals surface area contributed by atoms with Crippen molar-refractivity contribution in [1.82, 2.24) is 4.98 Å². The molecule has 0 radical (unpaired) electrons. The molecule has 0 saturated heterocycles. The molecule has 4 nitrogen and oxygen atoms in total. The molecule has 2 rings (SSSR count). The molecule has 1 amide bonds. The Morgan fingerprint density at radius 1 is 1.32 bits per heavy atom. The van der Waals surface area contributed by atoms with Gasteiger partial charge in [-0.15, -0.1) is 11.3 Å². The lowest BCUT2D eigenvalue weighted by molar-refractivity contribution is -0.137. The number of anilines is 2. The fourth-order valence-corrected chi connectivity index (χ4v) is 3.01. The first-order valence-corrected chi connectivity index (χ1v) is 8.64. The number of hydrogen-bond acceptors (Lipinski definition) is 4. The molecule has 0 unspecified atom stereocenters. The van der Waals surface area contributed by atoms with Gasteiger partial charge in [0, 0.05) is 11.1 Å². The fourth-order valence-electron chi connectivity index (χ4n) is 2.11. The number of nitrogens with zero attached hydrogens (tertiary/aromatic N) is 1. The van der Waals surface area contributed by atoms with Crippen molar-refractivity contribution in [2.24, 2.45) is 5.92 Å². The summed E-state index contributed by atoms with van der Waals surface area (Å²) in [6.45, 7) is 5.51. The third-order valence-electron chi connectivity index (χ3n) is 3.41. The average molecular weight is 392 g/mol. The minimum atomic E-state index is -4.47. The van der Waals surface area contributed by atoms with Crippen molar-refractivity contribution >= 4 is 39.7 Å². The zero-order chi connectivity index (χ0) is 18.8. The van der Waals surface area contributed by atoms with Crippen molar-refractivity contribution in [3.63, 3.8) is 0 Å². The van der Waals surface area contributed by atoms with Crippen molar-refractivity contribution in [1.29, 1.82) is 0 Å². The summed E-state index contributed by atoms with van der Waals surface area (Å²) in [6, 6.07) is 2.30. The van der Waals surface area contributed by atoms with E-state index < -0.39 is 17.8 Å². The predicted octanol–water partition coefficient (Wildman–Crippen LogP) is 5.20. The van der Waals surface area contributed by atoms with Gasteiger partial charge in [-0.2, -0.15) is 13.2 Å². The number of halogens is 4. The van der Waals surface area contributed by atoms with Crippen molar-refractivity contribution < 1.29 is 18.0 Å². The van der Waals surface area contributed by atoms with Crippen LogP contribution in [0.5, 0.6) is 0 Å². The van der Waals surface area contributed by atoms with Crippen LogP contribution in [0.2, 0.25) is 5.02 Å². The number of hydrogen-bond donors (Lipinski definition) is 2. The van der Waals surface area contributed by atoms with Gasteiger partial charge in [-0.25, -0.2) is 4.98 Å². The van der Waals surface area contributed by atoms with Gasteiger partial charge in [-0.1, -0.05) is 25.4 Å². The monoisotopic (exact) mass is 391 g/mol. The minimum Gasteiger partial charge on any atom is -0.372 e. The molecule has 0 aliphatic rings. The Labute approximate surface area is 152 Å². The van der Waals surface area contributed by atoms with E-state index in [1.165, 1.54) is 17.4 Å². The molecule has 0 bridgehead atoms. The third kappa shape index (κ3) is 5.09. The summed E-state index contributed by atoms with van der Waals surface area (Å²) in [5, 5.41) is 5.99. The first kappa shape index (κ1) is 19.5. The standard InChI is InChI=1S/C16H17ClF3N3OS/c1-8(2)13(14(24)23-15-21-7-9(3)25-15)22-12-5-4-10(6-11(12)17)16(18,19)20/h4-8,13,22H,1-3H3,(H,21,23,24)/t13-/m0/s1. The van der Waals surface area contributed by atoms with Crippen LogP contribution >= 0.6 is 22.9 Å². The fraction of sp³-hybridized carbons (Fsp3) is 0.375. The number of aryl methyl sites for hydroxylation is 1. The van der Waals surface area contributed by atoms with Gasteiger partial charge in [-0.05, 0) is 31.0 Å². The van der Waals surface area contributed by atoms with E-state index in [-0.39, 0.29) is 22.5 Å². The Balaban J connectivity index is 2.17. The van der Waals surface area contributed by atoms with E-state index in [9.17, 15) is 18.0 Å². The molecule has 0 fully saturated rings. The number of amides is 1. The molecule has 2 N–H and O–H groups in total. The van der Waals surface area contributed by atoms with Crippen LogP contribution in [0.1, 0.15) is 24.3 Å². The summed E-state index contributed by atoms with van der Waals surface area (Å²) >= 11 is 7.29. The number of carbonyl (C=O) groups excluding carboxylic acids is 1. The smallest absolute Gasteiger partial charge is 0.372 e. The van der Waals surface area contributed by atoms with Crippen LogP contribution in [0.4, 0.5) is 24.0 Å². The maximum Gasteiger partial charge on any atom is 0.416 e. The Morgan fingerprint density at radius 3 is 2.48 bits per heavy atom. The largest absolute Gasteiger partial charge is 0.416 e. The number of thiazole rings is 1. The first-order chi connectivity index (χ1) is 11.6. The average Bonchev–Trinajstić information content (AvgIpc) is 2.89. The van der Waals surface area contributed by atoms with Gasteiger partial charge in [0.25, 0.3) is 0 Å². The van der Waals surface area contributed by atoms with Gasteiger partial charge in [0.05, 0.1) is 16.3 Å². The molecule has 1 aromatic heterocycles. The molecule has 1 aromatic carbocycles. The minimum absolute atomic E-state index is 0.0987. The summed E-state index contributed by atoms with van der Waals surface area (Å²) in [4.78, 5) is 17.5. The van der Waals surface area contributed by atoms with Crippen LogP contribution in [-0.4, -0.2) is 16.9 Å². The molecule has 1 heterocycles. The Morgan fingerprint density at radius 2 is 2.00 bits per heavy atom. The van der Waals surface area contributed by atoms with Crippen LogP contribution in [0.15, 0.2) is 24.4 Å². The van der Waals surface area contributed by atoms with E-state index in [0.29, 0.717) is 5.13 Å². The Hall–Kier alpha value is -1.80. The Kier molecular flexibility index (Phi) is 5.95. The second kappa shape index (κ2) is 7.61. The van der Waals surface area contributed by atoms with E-state index >= 15 is 0 Å². The Bertz CT molecular complexity index is 761. The topological polar surface area (TPSA) is 54.0 Å². The zero-order valence-electron chi connectivity index (χ0n) is 13.7. The quantitative estimate of drug-likeness (QED) is 0.736. The zero-order valence-corrected chi connectivity index (χ0v) is 15.3. The maximum atomic E-state index is 12.7. The molecule has 0 aliphatic carbocycles. The molecular formula is C16H17ClF3N3OS. The highest BCUT2D eigenvalue weighted by Crippen LogP contribution is 2.34. The maximum absolute atomic E-state index is 12.7. The van der Waals surface area contributed by atoms with Gasteiger partial charge in [-0.3, -0.25) is 4.79 Å². The van der Waals surface area contributed by atoms with E-state index in [2.05, 4.69) is 15.6 Å². The first-order valence-electron chi connectivity index (χ1n) is 7.44. The van der Waals surface area contributed by atoms with Gasteiger partial charge in [0.1, 0.15) is 6.04 Å². The van der Waals surface area contributed by atoms with Crippen LogP contribution in [0.25, 0.3) is 0 Å². The highest BCUT2D eigenvalue weighted by atomic mass is 35.5. The number of nitrogens with one attached hydrogen (secondary N) is 2. The summed E-state index contributed by atoms with van der Waals surface area (Å²) in [6.07, 6.45) is -2.83. The lowest BCUT2D eigenvalue weighted by Gasteiger charge is -2.23. The number of aromatic nitrogens is 1. The van der Waals surface area contributed by atoms with E-state index in [0.717, 1.165) is 17.0 Å². The lowest BCUT2D eigenvalue weighted by Crippen LogP contribution is -2.39. The molecule has 0 saturated carbocycles. The second-order valence-corrected chi connectivity index (χ2v) is 7.47. The highest BCUT2D eigenvalue weighted by Gasteiger charge is 2.31. The summed E-state index contributed by atoms with van der Waals surface area (Å²) in [5.74, 6) is -0.459. The molecule has 0 spiro atoms. The molecule has 9 heteroatoms. The van der Waals surface area contributed by atoms with Gasteiger partial charge in [0.15, 0.2) is 5.13 Å². The number of rotatable bonds is 5. The molecule has 0 aliphatic heterocycles. The van der Waals surface area contributed by atoms with E-state index in [1.807, 2.05) is 20.8 Å². The highest BCUT2D eigenvalue weighted by molar-refractivity contribution is 7.15. The summed E-state index contributed by atoms with van der Waals surface area (Å²) in [7, 11) is 0. The number of alkyl halides is 3. The molecule has 1 atom stereocenters.